The molecule has 18 heavy (non-hydrogen) atoms. The molecule has 102 valence electrons. The van der Waals surface area contributed by atoms with Crippen LogP contribution >= 0.6 is 0 Å². The monoisotopic (exact) mass is 246 g/mol. The molecule has 0 N–H and O–H groups in total. The van der Waals surface area contributed by atoms with E-state index in [0.29, 0.717) is 0 Å². The zero-order chi connectivity index (χ0) is 13.4. The van der Waals surface area contributed by atoms with E-state index in [1.165, 1.54) is 37.7 Å². The van der Waals surface area contributed by atoms with Gasteiger partial charge < -0.3 is 0 Å². The third-order valence-corrected chi connectivity index (χ3v) is 4.27. The molecule has 0 heterocycles. The minimum absolute atomic E-state index is 0.757. The molecule has 2 atom stereocenters. The Kier molecular flexibility index (Phi) is 7.08. The van der Waals surface area contributed by atoms with Gasteiger partial charge in [0.1, 0.15) is 0 Å². The van der Waals surface area contributed by atoms with Crippen LogP contribution in [0.4, 0.5) is 0 Å². The first-order valence-electron chi connectivity index (χ1n) is 7.81. The van der Waals surface area contributed by atoms with Crippen molar-refractivity contribution in [2.24, 2.45) is 5.92 Å². The van der Waals surface area contributed by atoms with Crippen LogP contribution in [0.2, 0.25) is 0 Å². The maximum absolute atomic E-state index is 2.41. The number of benzene rings is 1. The number of unbranched alkanes of at least 4 members (excludes halogenated alkanes) is 2. The average Bonchev–Trinajstić information content (AvgIpc) is 2.43. The third-order valence-electron chi connectivity index (χ3n) is 4.27. The molecule has 1 aromatic carbocycles. The van der Waals surface area contributed by atoms with Crippen LogP contribution in [0.15, 0.2) is 24.3 Å². The van der Waals surface area contributed by atoms with Gasteiger partial charge in [0.25, 0.3) is 0 Å². The van der Waals surface area contributed by atoms with E-state index in [1.807, 2.05) is 0 Å². The van der Waals surface area contributed by atoms with Gasteiger partial charge in [-0.3, -0.25) is 0 Å². The Morgan fingerprint density at radius 1 is 0.944 bits per heavy atom. The maximum Gasteiger partial charge on any atom is -0.0136 e. The largest absolute Gasteiger partial charge is 0.0654 e. The molecule has 0 aliphatic carbocycles. The van der Waals surface area contributed by atoms with Crippen LogP contribution in [0.3, 0.4) is 0 Å². The predicted molar refractivity (Wildman–Crippen MR) is 82.2 cm³/mol. The summed E-state index contributed by atoms with van der Waals surface area (Å²) in [4.78, 5) is 0. The molecule has 0 saturated heterocycles. The molecule has 0 aliphatic heterocycles. The molecule has 0 aromatic heterocycles. The van der Waals surface area contributed by atoms with Gasteiger partial charge in [0.05, 0.1) is 0 Å². The van der Waals surface area contributed by atoms with Crippen molar-refractivity contribution < 1.29 is 0 Å². The number of hydrogen-bond donors (Lipinski definition) is 0. The highest BCUT2D eigenvalue weighted by Gasteiger charge is 2.17. The van der Waals surface area contributed by atoms with E-state index in [-0.39, 0.29) is 0 Å². The van der Waals surface area contributed by atoms with E-state index in [4.69, 9.17) is 0 Å². The second-order valence-corrected chi connectivity index (χ2v) is 5.58. The van der Waals surface area contributed by atoms with Crippen LogP contribution in [-0.2, 0) is 6.42 Å². The zero-order valence-corrected chi connectivity index (χ0v) is 12.7. The normalized spacial score (nSPS) is 14.4. The summed E-state index contributed by atoms with van der Waals surface area (Å²) in [5.41, 5.74) is 3.01. The summed E-state index contributed by atoms with van der Waals surface area (Å²) in [6.07, 6.45) is 7.85. The van der Waals surface area contributed by atoms with Gasteiger partial charge in [0, 0.05) is 0 Å². The molecule has 0 saturated carbocycles. The fourth-order valence-electron chi connectivity index (χ4n) is 2.68. The molecule has 0 fully saturated rings. The molecule has 0 bridgehead atoms. The van der Waals surface area contributed by atoms with Crippen molar-refractivity contribution in [3.63, 3.8) is 0 Å². The van der Waals surface area contributed by atoms with Crippen LogP contribution in [0.25, 0.3) is 0 Å². The lowest BCUT2D eigenvalue weighted by Gasteiger charge is -2.24. The summed E-state index contributed by atoms with van der Waals surface area (Å²) in [7, 11) is 0. The first-order chi connectivity index (χ1) is 8.72. The van der Waals surface area contributed by atoms with Crippen molar-refractivity contribution in [1.29, 1.82) is 0 Å². The highest BCUT2D eigenvalue weighted by Crippen LogP contribution is 2.32. The first-order valence-corrected chi connectivity index (χ1v) is 7.81. The molecule has 0 spiro atoms. The van der Waals surface area contributed by atoms with Crippen molar-refractivity contribution in [3.05, 3.63) is 35.4 Å². The summed E-state index contributed by atoms with van der Waals surface area (Å²) < 4.78 is 0. The number of aryl methyl sites for hydroxylation is 1. The Bertz CT molecular complexity index is 309. The summed E-state index contributed by atoms with van der Waals surface area (Å²) in [6, 6.07) is 9.35. The van der Waals surface area contributed by atoms with E-state index in [9.17, 15) is 0 Å². The molecule has 0 amide bonds. The van der Waals surface area contributed by atoms with Crippen LogP contribution in [0.1, 0.15) is 76.8 Å². The van der Waals surface area contributed by atoms with Gasteiger partial charge in [-0.1, -0.05) is 77.6 Å². The summed E-state index contributed by atoms with van der Waals surface area (Å²) in [5, 5.41) is 0. The second-order valence-electron chi connectivity index (χ2n) is 5.58. The molecule has 1 rings (SSSR count). The molecule has 1 aromatic rings. The molecule has 0 nitrogen and oxygen atoms in total. The fourth-order valence-corrected chi connectivity index (χ4v) is 2.68. The van der Waals surface area contributed by atoms with Gasteiger partial charge in [0.2, 0.25) is 0 Å². The minimum Gasteiger partial charge on any atom is -0.0654 e. The standard InChI is InChI=1S/C18H30/c1-5-8-9-10-18(15(4)6-2)17-13-11-16(7-3)12-14-17/h11-15,18H,5-10H2,1-4H3. The topological polar surface area (TPSA) is 0 Å². The maximum atomic E-state index is 2.41. The van der Waals surface area contributed by atoms with E-state index in [0.717, 1.165) is 18.3 Å². The fraction of sp³-hybridized carbons (Fsp3) is 0.667. The molecular weight excluding hydrogens is 216 g/mol. The Balaban J connectivity index is 2.73. The summed E-state index contributed by atoms with van der Waals surface area (Å²) >= 11 is 0. The lowest BCUT2D eigenvalue weighted by atomic mass is 9.81. The van der Waals surface area contributed by atoms with Crippen molar-refractivity contribution in [3.8, 4) is 0 Å². The second kappa shape index (κ2) is 8.34. The Labute approximate surface area is 114 Å². The number of rotatable bonds is 8. The molecule has 2 unspecified atom stereocenters. The van der Waals surface area contributed by atoms with Gasteiger partial charge in [0.15, 0.2) is 0 Å². The van der Waals surface area contributed by atoms with E-state index in [1.54, 1.807) is 5.56 Å². The van der Waals surface area contributed by atoms with E-state index < -0.39 is 0 Å². The quantitative estimate of drug-likeness (QED) is 0.496. The van der Waals surface area contributed by atoms with Gasteiger partial charge in [-0.15, -0.1) is 0 Å². The van der Waals surface area contributed by atoms with Crippen molar-refractivity contribution in [2.75, 3.05) is 0 Å². The average molecular weight is 246 g/mol. The van der Waals surface area contributed by atoms with Gasteiger partial charge in [-0.05, 0) is 35.8 Å². The van der Waals surface area contributed by atoms with Crippen LogP contribution in [0, 0.1) is 5.92 Å². The highest BCUT2D eigenvalue weighted by molar-refractivity contribution is 5.25. The predicted octanol–water partition coefficient (Wildman–Crippen LogP) is 5.96. The SMILES string of the molecule is CCCCCC(c1ccc(CC)cc1)C(C)CC. The van der Waals surface area contributed by atoms with Crippen LogP contribution in [-0.4, -0.2) is 0 Å². The molecule has 0 aliphatic rings. The molecule has 0 radical (unpaired) electrons. The van der Waals surface area contributed by atoms with E-state index in [2.05, 4.69) is 52.0 Å². The smallest absolute Gasteiger partial charge is 0.0136 e. The van der Waals surface area contributed by atoms with Crippen LogP contribution in [0.5, 0.6) is 0 Å². The van der Waals surface area contributed by atoms with Crippen molar-refractivity contribution >= 4 is 0 Å². The Hall–Kier alpha value is -0.780. The minimum atomic E-state index is 0.757. The number of hydrogen-bond acceptors (Lipinski definition) is 0. The van der Waals surface area contributed by atoms with Crippen molar-refractivity contribution in [2.45, 2.75) is 72.1 Å². The van der Waals surface area contributed by atoms with Crippen LogP contribution < -0.4 is 0 Å². The highest BCUT2D eigenvalue weighted by atomic mass is 14.2. The lowest BCUT2D eigenvalue weighted by Crippen LogP contribution is -2.09. The first kappa shape index (κ1) is 15.3. The zero-order valence-electron chi connectivity index (χ0n) is 12.7. The molecular formula is C18H30. The van der Waals surface area contributed by atoms with E-state index >= 15 is 0 Å². The lowest BCUT2D eigenvalue weighted by molar-refractivity contribution is 0.408. The molecule has 0 heteroatoms. The van der Waals surface area contributed by atoms with Gasteiger partial charge in [-0.25, -0.2) is 0 Å². The summed E-state index contributed by atoms with van der Waals surface area (Å²) in [5.74, 6) is 1.56. The Morgan fingerprint density at radius 3 is 2.11 bits per heavy atom. The van der Waals surface area contributed by atoms with Gasteiger partial charge >= 0.3 is 0 Å². The van der Waals surface area contributed by atoms with Crippen molar-refractivity contribution in [1.82, 2.24) is 0 Å². The van der Waals surface area contributed by atoms with Gasteiger partial charge in [-0.2, -0.15) is 0 Å². The Morgan fingerprint density at radius 2 is 1.61 bits per heavy atom. The summed E-state index contributed by atoms with van der Waals surface area (Å²) in [6.45, 7) is 9.24. The third kappa shape index (κ3) is 4.48.